The average molecular weight is 277 g/mol. The highest BCUT2D eigenvalue weighted by Gasteiger charge is 2.07. The third kappa shape index (κ3) is 3.57. The van der Waals surface area contributed by atoms with E-state index in [0.717, 1.165) is 25.2 Å². The lowest BCUT2D eigenvalue weighted by Crippen LogP contribution is -2.14. The molecule has 0 radical (unpaired) electrons. The number of nitrogens with one attached hydrogen (secondary N) is 1. The molecule has 1 aromatic heterocycles. The van der Waals surface area contributed by atoms with Gasteiger partial charge in [-0.1, -0.05) is 6.92 Å². The molecule has 0 spiro atoms. The van der Waals surface area contributed by atoms with E-state index in [4.69, 9.17) is 4.74 Å². The van der Waals surface area contributed by atoms with Crippen molar-refractivity contribution in [3.8, 4) is 11.4 Å². The molecule has 1 aromatic carbocycles. The summed E-state index contributed by atoms with van der Waals surface area (Å²) in [6.07, 6.45) is 2.92. The molecule has 0 aliphatic heterocycles. The lowest BCUT2D eigenvalue weighted by Gasteiger charge is -2.07. The maximum absolute atomic E-state index is 13.8. The molecule has 4 nitrogen and oxygen atoms in total. The molecule has 5 heteroatoms. The molecule has 20 heavy (non-hydrogen) atoms. The zero-order chi connectivity index (χ0) is 14.4. The predicted molar refractivity (Wildman–Crippen MR) is 76.7 cm³/mol. The molecule has 1 N–H and O–H groups in total. The molecular weight excluding hydrogens is 257 g/mol. The molecule has 0 fully saturated rings. The number of hydrogen-bond donors (Lipinski definition) is 1. The van der Waals surface area contributed by atoms with Gasteiger partial charge in [-0.05, 0) is 38.1 Å². The van der Waals surface area contributed by atoms with Crippen LogP contribution in [0.15, 0.2) is 30.5 Å². The molecule has 0 saturated heterocycles. The first-order valence-electron chi connectivity index (χ1n) is 6.92. The normalized spacial score (nSPS) is 10.8. The SMILES string of the molecule is CCCNCc1ccn(-c2ccc(OCC)c(F)c2)n1. The van der Waals surface area contributed by atoms with E-state index in [1.165, 1.54) is 6.07 Å². The second-order valence-electron chi connectivity index (χ2n) is 4.48. The van der Waals surface area contributed by atoms with E-state index in [0.29, 0.717) is 12.3 Å². The van der Waals surface area contributed by atoms with Crippen molar-refractivity contribution >= 4 is 0 Å². The largest absolute Gasteiger partial charge is 0.491 e. The van der Waals surface area contributed by atoms with Crippen molar-refractivity contribution in [3.05, 3.63) is 42.0 Å². The fraction of sp³-hybridized carbons (Fsp3) is 0.400. The molecule has 0 atom stereocenters. The van der Waals surface area contributed by atoms with Gasteiger partial charge in [0.1, 0.15) is 0 Å². The van der Waals surface area contributed by atoms with E-state index >= 15 is 0 Å². The van der Waals surface area contributed by atoms with Crippen LogP contribution in [0.5, 0.6) is 5.75 Å². The van der Waals surface area contributed by atoms with E-state index in [1.54, 1.807) is 16.8 Å². The molecule has 0 bridgehead atoms. The minimum absolute atomic E-state index is 0.272. The Morgan fingerprint density at radius 3 is 2.85 bits per heavy atom. The minimum Gasteiger partial charge on any atom is -0.491 e. The lowest BCUT2D eigenvalue weighted by molar-refractivity contribution is 0.321. The van der Waals surface area contributed by atoms with Crippen molar-refractivity contribution in [2.24, 2.45) is 0 Å². The number of aromatic nitrogens is 2. The molecule has 2 aromatic rings. The summed E-state index contributed by atoms with van der Waals surface area (Å²) in [5.74, 6) is -0.0984. The van der Waals surface area contributed by atoms with Crippen LogP contribution < -0.4 is 10.1 Å². The second kappa shape index (κ2) is 7.05. The first-order valence-corrected chi connectivity index (χ1v) is 6.92. The Balaban J connectivity index is 2.09. The van der Waals surface area contributed by atoms with Crippen LogP contribution in [0.3, 0.4) is 0 Å². The molecule has 2 rings (SSSR count). The number of halogens is 1. The Bertz CT molecular complexity index is 554. The van der Waals surface area contributed by atoms with Crippen LogP contribution in [0.4, 0.5) is 4.39 Å². The summed E-state index contributed by atoms with van der Waals surface area (Å²) in [7, 11) is 0. The van der Waals surface area contributed by atoms with Crippen molar-refractivity contribution in [3.63, 3.8) is 0 Å². The summed E-state index contributed by atoms with van der Waals surface area (Å²) in [5, 5.41) is 7.70. The van der Waals surface area contributed by atoms with Gasteiger partial charge in [0.05, 0.1) is 18.0 Å². The first kappa shape index (κ1) is 14.5. The predicted octanol–water partition coefficient (Wildman–Crippen LogP) is 2.91. The second-order valence-corrected chi connectivity index (χ2v) is 4.48. The summed E-state index contributed by atoms with van der Waals surface area (Å²) < 4.78 is 20.7. The fourth-order valence-corrected chi connectivity index (χ4v) is 1.90. The van der Waals surface area contributed by atoms with Crippen molar-refractivity contribution < 1.29 is 9.13 Å². The zero-order valence-corrected chi connectivity index (χ0v) is 11.9. The van der Waals surface area contributed by atoms with E-state index in [9.17, 15) is 4.39 Å². The monoisotopic (exact) mass is 277 g/mol. The number of ether oxygens (including phenoxy) is 1. The third-order valence-corrected chi connectivity index (χ3v) is 2.86. The summed E-state index contributed by atoms with van der Waals surface area (Å²) >= 11 is 0. The van der Waals surface area contributed by atoms with Crippen molar-refractivity contribution in [2.45, 2.75) is 26.8 Å². The van der Waals surface area contributed by atoms with Gasteiger partial charge in [-0.3, -0.25) is 0 Å². The van der Waals surface area contributed by atoms with E-state index in [-0.39, 0.29) is 11.6 Å². The van der Waals surface area contributed by atoms with Crippen molar-refractivity contribution in [1.29, 1.82) is 0 Å². The molecule has 0 aliphatic rings. The molecule has 108 valence electrons. The summed E-state index contributed by atoms with van der Waals surface area (Å²) in [5.41, 5.74) is 1.63. The lowest BCUT2D eigenvalue weighted by atomic mass is 10.3. The van der Waals surface area contributed by atoms with Crippen molar-refractivity contribution in [2.75, 3.05) is 13.2 Å². The average Bonchev–Trinajstić information content (AvgIpc) is 2.90. The van der Waals surface area contributed by atoms with Crippen molar-refractivity contribution in [1.82, 2.24) is 15.1 Å². The van der Waals surface area contributed by atoms with Gasteiger partial charge in [-0.2, -0.15) is 5.10 Å². The highest BCUT2D eigenvalue weighted by molar-refractivity contribution is 5.38. The van der Waals surface area contributed by atoms with Gasteiger partial charge in [0.15, 0.2) is 11.6 Å². The Morgan fingerprint density at radius 1 is 1.30 bits per heavy atom. The molecule has 0 aliphatic carbocycles. The third-order valence-electron chi connectivity index (χ3n) is 2.86. The zero-order valence-electron chi connectivity index (χ0n) is 11.9. The van der Waals surface area contributed by atoms with Gasteiger partial charge < -0.3 is 10.1 Å². The molecule has 0 unspecified atom stereocenters. The highest BCUT2D eigenvalue weighted by atomic mass is 19.1. The van der Waals surface area contributed by atoms with Gasteiger partial charge >= 0.3 is 0 Å². The van der Waals surface area contributed by atoms with Crippen LogP contribution in [0.25, 0.3) is 5.69 Å². The molecular formula is C15H20FN3O. The van der Waals surface area contributed by atoms with Crippen LogP contribution in [0, 0.1) is 5.82 Å². The van der Waals surface area contributed by atoms with E-state index in [2.05, 4.69) is 17.3 Å². The van der Waals surface area contributed by atoms with Crippen LogP contribution in [-0.4, -0.2) is 22.9 Å². The van der Waals surface area contributed by atoms with Gasteiger partial charge in [0.25, 0.3) is 0 Å². The van der Waals surface area contributed by atoms with Crippen LogP contribution in [0.2, 0.25) is 0 Å². The van der Waals surface area contributed by atoms with Gasteiger partial charge in [-0.15, -0.1) is 0 Å². The molecule has 0 amide bonds. The standard InChI is InChI=1S/C15H20FN3O/c1-3-8-17-11-12-7-9-19(18-12)13-5-6-15(20-4-2)14(16)10-13/h5-7,9-10,17H,3-4,8,11H2,1-2H3. The summed E-state index contributed by atoms with van der Waals surface area (Å²) in [6, 6.07) is 6.79. The first-order chi connectivity index (χ1) is 9.74. The number of nitrogens with zero attached hydrogens (tertiary/aromatic N) is 2. The number of rotatable bonds is 7. The summed E-state index contributed by atoms with van der Waals surface area (Å²) in [4.78, 5) is 0. The Hall–Kier alpha value is -1.88. The van der Waals surface area contributed by atoms with E-state index < -0.39 is 0 Å². The number of hydrogen-bond acceptors (Lipinski definition) is 3. The van der Waals surface area contributed by atoms with Crippen LogP contribution in [0.1, 0.15) is 26.0 Å². The van der Waals surface area contributed by atoms with Gasteiger partial charge in [0.2, 0.25) is 0 Å². The maximum atomic E-state index is 13.8. The fourth-order valence-electron chi connectivity index (χ4n) is 1.90. The molecule has 1 heterocycles. The minimum atomic E-state index is -0.370. The topological polar surface area (TPSA) is 39.1 Å². The quantitative estimate of drug-likeness (QED) is 0.791. The Morgan fingerprint density at radius 2 is 2.15 bits per heavy atom. The Kier molecular flexibility index (Phi) is 5.12. The van der Waals surface area contributed by atoms with E-state index in [1.807, 2.05) is 19.2 Å². The van der Waals surface area contributed by atoms with Gasteiger partial charge in [-0.25, -0.2) is 9.07 Å². The Labute approximate surface area is 118 Å². The van der Waals surface area contributed by atoms with Crippen LogP contribution in [-0.2, 0) is 6.54 Å². The number of benzene rings is 1. The smallest absolute Gasteiger partial charge is 0.167 e. The summed E-state index contributed by atoms with van der Waals surface area (Å²) in [6.45, 7) is 6.08. The molecule has 0 saturated carbocycles. The van der Waals surface area contributed by atoms with Gasteiger partial charge in [0, 0.05) is 18.8 Å². The highest BCUT2D eigenvalue weighted by Crippen LogP contribution is 2.20. The maximum Gasteiger partial charge on any atom is 0.167 e. The van der Waals surface area contributed by atoms with Crippen LogP contribution >= 0.6 is 0 Å².